The first-order valence-electron chi connectivity index (χ1n) is 7.40. The van der Waals surface area contributed by atoms with Gasteiger partial charge in [-0.25, -0.2) is 8.78 Å². The van der Waals surface area contributed by atoms with Crippen LogP contribution < -0.4 is 10.1 Å². The summed E-state index contributed by atoms with van der Waals surface area (Å²) < 4.78 is 32.3. The Bertz CT molecular complexity index is 701. The molecule has 0 unspecified atom stereocenters. The van der Waals surface area contributed by atoms with E-state index in [4.69, 9.17) is 4.74 Å². The SMILES string of the molecule is CC(C)Oc1ccccc1[C@@H](C)NC(=O)c1ccc(F)cc1F. The number of carbonyl (C=O) groups is 1. The van der Waals surface area contributed by atoms with Crippen LogP contribution in [0.15, 0.2) is 42.5 Å². The van der Waals surface area contributed by atoms with E-state index in [-0.39, 0.29) is 17.7 Å². The molecule has 2 rings (SSSR count). The molecule has 23 heavy (non-hydrogen) atoms. The molecule has 0 saturated carbocycles. The molecule has 0 aliphatic rings. The number of hydrogen-bond donors (Lipinski definition) is 1. The number of amides is 1. The monoisotopic (exact) mass is 319 g/mol. The van der Waals surface area contributed by atoms with Gasteiger partial charge < -0.3 is 10.1 Å². The molecule has 0 bridgehead atoms. The Labute approximate surface area is 134 Å². The first-order chi connectivity index (χ1) is 10.9. The zero-order valence-electron chi connectivity index (χ0n) is 13.3. The number of para-hydroxylation sites is 1. The lowest BCUT2D eigenvalue weighted by atomic mass is 10.1. The molecule has 0 saturated heterocycles. The summed E-state index contributed by atoms with van der Waals surface area (Å²) in [4.78, 5) is 12.2. The maximum atomic E-state index is 13.7. The minimum atomic E-state index is -0.888. The predicted molar refractivity (Wildman–Crippen MR) is 84.4 cm³/mol. The van der Waals surface area contributed by atoms with E-state index < -0.39 is 17.5 Å². The number of benzene rings is 2. The molecule has 2 aromatic rings. The van der Waals surface area contributed by atoms with Gasteiger partial charge in [0.1, 0.15) is 17.4 Å². The van der Waals surface area contributed by atoms with Gasteiger partial charge in [-0.2, -0.15) is 0 Å². The quantitative estimate of drug-likeness (QED) is 0.895. The number of hydrogen-bond acceptors (Lipinski definition) is 2. The summed E-state index contributed by atoms with van der Waals surface area (Å²) in [6, 6.07) is 9.82. The van der Waals surface area contributed by atoms with Crippen molar-refractivity contribution in [2.75, 3.05) is 0 Å². The molecule has 1 atom stereocenters. The molecule has 0 aliphatic heterocycles. The van der Waals surface area contributed by atoms with Crippen molar-refractivity contribution in [2.45, 2.75) is 32.9 Å². The minimum Gasteiger partial charge on any atom is -0.491 e. The third kappa shape index (κ3) is 4.28. The van der Waals surface area contributed by atoms with Gasteiger partial charge in [-0.15, -0.1) is 0 Å². The Hall–Kier alpha value is -2.43. The summed E-state index contributed by atoms with van der Waals surface area (Å²) >= 11 is 0. The van der Waals surface area contributed by atoms with Crippen LogP contribution in [0.2, 0.25) is 0 Å². The zero-order valence-corrected chi connectivity index (χ0v) is 13.3. The highest BCUT2D eigenvalue weighted by Crippen LogP contribution is 2.26. The minimum absolute atomic E-state index is 0.00593. The number of rotatable bonds is 5. The summed E-state index contributed by atoms with van der Waals surface area (Å²) in [6.45, 7) is 5.60. The van der Waals surface area contributed by atoms with Crippen molar-refractivity contribution in [3.8, 4) is 5.75 Å². The summed E-state index contributed by atoms with van der Waals surface area (Å²) in [5, 5.41) is 2.71. The van der Waals surface area contributed by atoms with Gasteiger partial charge >= 0.3 is 0 Å². The Morgan fingerprint density at radius 1 is 1.09 bits per heavy atom. The number of halogens is 2. The molecule has 1 N–H and O–H groups in total. The molecule has 0 radical (unpaired) electrons. The van der Waals surface area contributed by atoms with Gasteiger partial charge in [0, 0.05) is 11.6 Å². The van der Waals surface area contributed by atoms with Gasteiger partial charge in [0.25, 0.3) is 5.91 Å². The number of nitrogens with one attached hydrogen (secondary N) is 1. The first-order valence-corrected chi connectivity index (χ1v) is 7.40. The fraction of sp³-hybridized carbons (Fsp3) is 0.278. The molecule has 0 spiro atoms. The average molecular weight is 319 g/mol. The van der Waals surface area contributed by atoms with Crippen LogP contribution in [0.4, 0.5) is 8.78 Å². The maximum Gasteiger partial charge on any atom is 0.254 e. The van der Waals surface area contributed by atoms with Crippen molar-refractivity contribution in [2.24, 2.45) is 0 Å². The highest BCUT2D eigenvalue weighted by atomic mass is 19.1. The molecule has 1 amide bonds. The van der Waals surface area contributed by atoms with E-state index in [9.17, 15) is 13.6 Å². The first kappa shape index (κ1) is 16.9. The lowest BCUT2D eigenvalue weighted by Crippen LogP contribution is -2.28. The van der Waals surface area contributed by atoms with Crippen LogP contribution in [0.1, 0.15) is 42.7 Å². The van der Waals surface area contributed by atoms with Gasteiger partial charge in [0.2, 0.25) is 0 Å². The Kier molecular flexibility index (Phi) is 5.32. The smallest absolute Gasteiger partial charge is 0.254 e. The molecular formula is C18H19F2NO2. The van der Waals surface area contributed by atoms with E-state index >= 15 is 0 Å². The topological polar surface area (TPSA) is 38.3 Å². The molecule has 2 aromatic carbocycles. The fourth-order valence-electron chi connectivity index (χ4n) is 2.23. The average Bonchev–Trinajstić information content (AvgIpc) is 2.46. The Morgan fingerprint density at radius 3 is 2.43 bits per heavy atom. The van der Waals surface area contributed by atoms with E-state index in [0.29, 0.717) is 11.8 Å². The maximum absolute atomic E-state index is 13.7. The largest absolute Gasteiger partial charge is 0.491 e. The van der Waals surface area contributed by atoms with Crippen LogP contribution in [0.25, 0.3) is 0 Å². The van der Waals surface area contributed by atoms with E-state index in [0.717, 1.165) is 17.7 Å². The van der Waals surface area contributed by atoms with Gasteiger partial charge in [-0.1, -0.05) is 18.2 Å². The van der Waals surface area contributed by atoms with Crippen LogP contribution in [0.3, 0.4) is 0 Å². The summed E-state index contributed by atoms with van der Waals surface area (Å²) in [5.41, 5.74) is 0.595. The van der Waals surface area contributed by atoms with Crippen molar-refractivity contribution in [1.82, 2.24) is 5.32 Å². The van der Waals surface area contributed by atoms with Crippen molar-refractivity contribution < 1.29 is 18.3 Å². The fourth-order valence-corrected chi connectivity index (χ4v) is 2.23. The normalized spacial score (nSPS) is 12.1. The second-order valence-corrected chi connectivity index (χ2v) is 5.52. The molecule has 3 nitrogen and oxygen atoms in total. The highest BCUT2D eigenvalue weighted by molar-refractivity contribution is 5.94. The molecule has 0 fully saturated rings. The molecule has 5 heteroatoms. The predicted octanol–water partition coefficient (Wildman–Crippen LogP) is 4.24. The summed E-state index contributed by atoms with van der Waals surface area (Å²) in [6.07, 6.45) is -0.00593. The Morgan fingerprint density at radius 2 is 1.78 bits per heavy atom. The molecular weight excluding hydrogens is 300 g/mol. The van der Waals surface area contributed by atoms with Crippen LogP contribution in [0.5, 0.6) is 5.75 Å². The summed E-state index contributed by atoms with van der Waals surface area (Å²) in [7, 11) is 0. The molecule has 0 heterocycles. The lowest BCUT2D eigenvalue weighted by Gasteiger charge is -2.20. The van der Waals surface area contributed by atoms with Crippen molar-refractivity contribution >= 4 is 5.91 Å². The van der Waals surface area contributed by atoms with E-state index in [1.54, 1.807) is 6.92 Å². The third-order valence-electron chi connectivity index (χ3n) is 3.27. The van der Waals surface area contributed by atoms with E-state index in [2.05, 4.69) is 5.32 Å². The number of carbonyl (C=O) groups excluding carboxylic acids is 1. The second-order valence-electron chi connectivity index (χ2n) is 5.52. The van der Waals surface area contributed by atoms with Crippen LogP contribution in [-0.4, -0.2) is 12.0 Å². The van der Waals surface area contributed by atoms with Crippen LogP contribution in [0, 0.1) is 11.6 Å². The Balaban J connectivity index is 2.18. The lowest BCUT2D eigenvalue weighted by molar-refractivity contribution is 0.0935. The molecule has 122 valence electrons. The summed E-state index contributed by atoms with van der Waals surface area (Å²) in [5.74, 6) is -1.55. The second kappa shape index (κ2) is 7.22. The van der Waals surface area contributed by atoms with Gasteiger partial charge in [-0.05, 0) is 39.0 Å². The van der Waals surface area contributed by atoms with Crippen LogP contribution >= 0.6 is 0 Å². The van der Waals surface area contributed by atoms with E-state index in [1.165, 1.54) is 0 Å². The van der Waals surface area contributed by atoms with Crippen molar-refractivity contribution in [3.05, 3.63) is 65.2 Å². The molecule has 0 aliphatic carbocycles. The van der Waals surface area contributed by atoms with Gasteiger partial charge in [-0.3, -0.25) is 4.79 Å². The standard InChI is InChI=1S/C18H19F2NO2/c1-11(2)23-17-7-5-4-6-14(17)12(3)21-18(22)15-9-8-13(19)10-16(15)20/h4-12H,1-3H3,(H,21,22)/t12-/m1/s1. The third-order valence-corrected chi connectivity index (χ3v) is 3.27. The molecule has 0 aromatic heterocycles. The van der Waals surface area contributed by atoms with Crippen LogP contribution in [-0.2, 0) is 0 Å². The zero-order chi connectivity index (χ0) is 17.0. The van der Waals surface area contributed by atoms with Crippen molar-refractivity contribution in [1.29, 1.82) is 0 Å². The van der Waals surface area contributed by atoms with E-state index in [1.807, 2.05) is 38.1 Å². The number of ether oxygens (including phenoxy) is 1. The van der Waals surface area contributed by atoms with Gasteiger partial charge in [0.05, 0.1) is 17.7 Å². The van der Waals surface area contributed by atoms with Gasteiger partial charge in [0.15, 0.2) is 0 Å². The highest BCUT2D eigenvalue weighted by Gasteiger charge is 2.18. The van der Waals surface area contributed by atoms with Crippen molar-refractivity contribution in [3.63, 3.8) is 0 Å².